The molecule has 0 heterocycles. The largest absolute Gasteiger partial charge is 0.289 e. The van der Waals surface area contributed by atoms with Gasteiger partial charge in [0.05, 0.1) is 0 Å². The molecule has 0 radical (unpaired) electrons. The van der Waals surface area contributed by atoms with E-state index < -0.39 is 0 Å². The van der Waals surface area contributed by atoms with E-state index in [0.29, 0.717) is 28.2 Å². The molecule has 0 saturated carbocycles. The summed E-state index contributed by atoms with van der Waals surface area (Å²) in [5, 5.41) is 0. The van der Waals surface area contributed by atoms with Crippen LogP contribution in [0.5, 0.6) is 0 Å². The van der Waals surface area contributed by atoms with Crippen molar-refractivity contribution < 1.29 is 9.59 Å². The van der Waals surface area contributed by atoms with Gasteiger partial charge in [0.15, 0.2) is 11.6 Å². The van der Waals surface area contributed by atoms with Crippen LogP contribution in [0.25, 0.3) is 0 Å². The second-order valence-electron chi connectivity index (χ2n) is 10.6. The van der Waals surface area contributed by atoms with Gasteiger partial charge in [0.25, 0.3) is 0 Å². The van der Waals surface area contributed by atoms with E-state index in [1.54, 1.807) is 0 Å². The van der Waals surface area contributed by atoms with Crippen molar-refractivity contribution in [3.63, 3.8) is 0 Å². The van der Waals surface area contributed by atoms with Gasteiger partial charge in [-0.15, -0.1) is 0 Å². The zero-order valence-corrected chi connectivity index (χ0v) is 21.2. The summed E-state index contributed by atoms with van der Waals surface area (Å²) in [6.07, 6.45) is 11.1. The first kappa shape index (κ1) is 25.1. The number of benzene rings is 2. The van der Waals surface area contributed by atoms with Crippen LogP contribution in [0.1, 0.15) is 116 Å². The standard InChI is InChI=1S/C31H40O2/c1-21(2)9-6-11-23(5)12-8-14-25-16-18-27-29(20-25)31(33)28-19-24(13-7-10-22(3)4)15-17-26(28)30(27)32/h12,15-22H,6-11,13-14H2,1-5H3. The molecule has 0 fully saturated rings. The zero-order valence-electron chi connectivity index (χ0n) is 21.2. The van der Waals surface area contributed by atoms with Crippen LogP contribution in [0.15, 0.2) is 48.0 Å². The van der Waals surface area contributed by atoms with E-state index in [0.717, 1.165) is 49.1 Å². The molecular formula is C31H40O2. The average molecular weight is 445 g/mol. The van der Waals surface area contributed by atoms with Crippen molar-refractivity contribution in [3.8, 4) is 0 Å². The number of allylic oxidation sites excluding steroid dienone is 2. The lowest BCUT2D eigenvalue weighted by Crippen LogP contribution is -2.21. The van der Waals surface area contributed by atoms with Gasteiger partial charge in [-0.05, 0) is 80.5 Å². The van der Waals surface area contributed by atoms with Gasteiger partial charge < -0.3 is 0 Å². The molecule has 2 heteroatoms. The summed E-state index contributed by atoms with van der Waals surface area (Å²) in [4.78, 5) is 26.4. The highest BCUT2D eigenvalue weighted by Crippen LogP contribution is 2.29. The second-order valence-corrected chi connectivity index (χ2v) is 10.6. The Hall–Kier alpha value is -2.48. The summed E-state index contributed by atoms with van der Waals surface area (Å²) in [5.74, 6) is 1.40. The fourth-order valence-corrected chi connectivity index (χ4v) is 4.65. The van der Waals surface area contributed by atoms with Gasteiger partial charge in [0.1, 0.15) is 0 Å². The van der Waals surface area contributed by atoms with Crippen molar-refractivity contribution in [2.75, 3.05) is 0 Å². The maximum Gasteiger partial charge on any atom is 0.194 e. The Morgan fingerprint density at radius 3 is 1.82 bits per heavy atom. The Kier molecular flexibility index (Phi) is 8.83. The summed E-state index contributed by atoms with van der Waals surface area (Å²) in [7, 11) is 0. The number of hydrogen-bond acceptors (Lipinski definition) is 2. The van der Waals surface area contributed by atoms with Gasteiger partial charge in [-0.2, -0.15) is 0 Å². The molecule has 0 aromatic heterocycles. The van der Waals surface area contributed by atoms with Crippen LogP contribution in [0, 0.1) is 11.8 Å². The average Bonchev–Trinajstić information content (AvgIpc) is 2.77. The predicted molar refractivity (Wildman–Crippen MR) is 138 cm³/mol. The minimum Gasteiger partial charge on any atom is -0.289 e. The Morgan fingerprint density at radius 1 is 0.727 bits per heavy atom. The van der Waals surface area contributed by atoms with Crippen molar-refractivity contribution in [1.29, 1.82) is 0 Å². The third-order valence-corrected chi connectivity index (χ3v) is 6.67. The first-order chi connectivity index (χ1) is 15.8. The van der Waals surface area contributed by atoms with Crippen LogP contribution < -0.4 is 0 Å². The number of aryl methyl sites for hydroxylation is 2. The van der Waals surface area contributed by atoms with Crippen LogP contribution in [-0.2, 0) is 12.8 Å². The highest BCUT2D eigenvalue weighted by Gasteiger charge is 2.29. The van der Waals surface area contributed by atoms with Crippen molar-refractivity contribution in [3.05, 3.63) is 81.4 Å². The molecule has 0 atom stereocenters. The van der Waals surface area contributed by atoms with E-state index in [9.17, 15) is 9.59 Å². The van der Waals surface area contributed by atoms with Crippen molar-refractivity contribution in [2.45, 2.75) is 86.0 Å². The molecule has 33 heavy (non-hydrogen) atoms. The van der Waals surface area contributed by atoms with Gasteiger partial charge >= 0.3 is 0 Å². The van der Waals surface area contributed by atoms with E-state index >= 15 is 0 Å². The van der Waals surface area contributed by atoms with Crippen LogP contribution in [0.2, 0.25) is 0 Å². The molecule has 0 spiro atoms. The van der Waals surface area contributed by atoms with Gasteiger partial charge in [-0.3, -0.25) is 9.59 Å². The maximum atomic E-state index is 13.3. The molecule has 2 aromatic carbocycles. The summed E-state index contributed by atoms with van der Waals surface area (Å²) < 4.78 is 0. The highest BCUT2D eigenvalue weighted by molar-refractivity contribution is 6.28. The lowest BCUT2D eigenvalue weighted by Gasteiger charge is -2.19. The smallest absolute Gasteiger partial charge is 0.194 e. The quantitative estimate of drug-likeness (QED) is 0.280. The van der Waals surface area contributed by atoms with Crippen molar-refractivity contribution in [1.82, 2.24) is 0 Å². The number of fused-ring (bicyclic) bond motifs is 2. The number of carbonyl (C=O) groups excluding carboxylic acids is 2. The van der Waals surface area contributed by atoms with Crippen LogP contribution >= 0.6 is 0 Å². The number of ketones is 2. The molecule has 1 aliphatic carbocycles. The summed E-state index contributed by atoms with van der Waals surface area (Å²) in [5.41, 5.74) is 5.95. The second kappa shape index (κ2) is 11.6. The van der Waals surface area contributed by atoms with Crippen molar-refractivity contribution >= 4 is 11.6 Å². The van der Waals surface area contributed by atoms with Crippen LogP contribution in [0.4, 0.5) is 0 Å². The van der Waals surface area contributed by atoms with E-state index in [-0.39, 0.29) is 11.6 Å². The molecule has 0 aliphatic heterocycles. The molecule has 0 amide bonds. The highest BCUT2D eigenvalue weighted by atomic mass is 16.1. The molecular weight excluding hydrogens is 404 g/mol. The minimum absolute atomic E-state index is 0.00688. The van der Waals surface area contributed by atoms with E-state index in [1.807, 2.05) is 36.4 Å². The molecule has 0 bridgehead atoms. The third-order valence-electron chi connectivity index (χ3n) is 6.67. The fraction of sp³-hybridized carbons (Fsp3) is 0.484. The molecule has 0 unspecified atom stereocenters. The summed E-state index contributed by atoms with van der Waals surface area (Å²) >= 11 is 0. The number of hydrogen-bond donors (Lipinski definition) is 0. The fourth-order valence-electron chi connectivity index (χ4n) is 4.65. The van der Waals surface area contributed by atoms with Gasteiger partial charge in [-0.25, -0.2) is 0 Å². The van der Waals surface area contributed by atoms with Gasteiger partial charge in [0.2, 0.25) is 0 Å². The summed E-state index contributed by atoms with van der Waals surface area (Å²) in [6, 6.07) is 11.6. The summed E-state index contributed by atoms with van der Waals surface area (Å²) in [6.45, 7) is 11.2. The Morgan fingerprint density at radius 2 is 1.24 bits per heavy atom. The minimum atomic E-state index is -0.0271. The van der Waals surface area contributed by atoms with E-state index in [4.69, 9.17) is 0 Å². The van der Waals surface area contributed by atoms with Gasteiger partial charge in [-0.1, -0.05) is 76.5 Å². The third kappa shape index (κ3) is 6.76. The lowest BCUT2D eigenvalue weighted by atomic mass is 9.82. The molecule has 0 N–H and O–H groups in total. The topological polar surface area (TPSA) is 34.1 Å². The predicted octanol–water partition coefficient (Wildman–Crippen LogP) is 8.15. The SMILES string of the molecule is CC(=CCCc1ccc2c(c1)C(=O)c1cc(CCCC(C)C)ccc1C2=O)CCCC(C)C. The monoisotopic (exact) mass is 444 g/mol. The number of rotatable bonds is 11. The normalized spacial score (nSPS) is 13.6. The zero-order chi connectivity index (χ0) is 24.0. The Balaban J connectivity index is 1.70. The van der Waals surface area contributed by atoms with Gasteiger partial charge in [0, 0.05) is 22.3 Å². The molecule has 176 valence electrons. The molecule has 0 saturated heterocycles. The molecule has 2 aromatic rings. The molecule has 1 aliphatic rings. The van der Waals surface area contributed by atoms with E-state index in [2.05, 4.69) is 40.7 Å². The maximum absolute atomic E-state index is 13.3. The van der Waals surface area contributed by atoms with Crippen molar-refractivity contribution in [2.24, 2.45) is 11.8 Å². The first-order valence-electron chi connectivity index (χ1n) is 12.8. The Labute approximate surface area is 200 Å². The molecule has 2 nitrogen and oxygen atoms in total. The Bertz CT molecular complexity index is 1020. The lowest BCUT2D eigenvalue weighted by molar-refractivity contribution is 0.0979. The van der Waals surface area contributed by atoms with E-state index in [1.165, 1.54) is 24.8 Å². The first-order valence-corrected chi connectivity index (χ1v) is 12.8. The van der Waals surface area contributed by atoms with Crippen LogP contribution in [0.3, 0.4) is 0 Å². The molecule has 3 rings (SSSR count). The number of carbonyl (C=O) groups is 2. The van der Waals surface area contributed by atoms with Crippen LogP contribution in [-0.4, -0.2) is 11.6 Å².